The van der Waals surface area contributed by atoms with Gasteiger partial charge in [0.05, 0.1) is 23.1 Å². The van der Waals surface area contributed by atoms with Crippen LogP contribution in [-0.4, -0.2) is 15.6 Å². The minimum Gasteiger partial charge on any atom is -0.294 e. The molecule has 0 bridgehead atoms. The first-order valence-electron chi connectivity index (χ1n) is 9.30. The molecule has 26 heavy (non-hydrogen) atoms. The van der Waals surface area contributed by atoms with Crippen molar-refractivity contribution >= 4 is 5.78 Å². The number of carbonyl (C=O) groups excluding carboxylic acids is 1. The van der Waals surface area contributed by atoms with Gasteiger partial charge in [0, 0.05) is 6.42 Å². The highest BCUT2D eigenvalue weighted by atomic mass is 16.1. The van der Waals surface area contributed by atoms with E-state index in [4.69, 9.17) is 0 Å². The van der Waals surface area contributed by atoms with E-state index in [1.165, 1.54) is 16.7 Å². The Bertz CT molecular complexity index is 933. The average Bonchev–Trinajstić information content (AvgIpc) is 3.07. The third-order valence-corrected chi connectivity index (χ3v) is 5.39. The van der Waals surface area contributed by atoms with Crippen molar-refractivity contribution in [1.82, 2.24) is 9.78 Å². The van der Waals surface area contributed by atoms with Crippen LogP contribution in [0.1, 0.15) is 64.8 Å². The Balaban J connectivity index is 1.68. The van der Waals surface area contributed by atoms with Gasteiger partial charge in [0.25, 0.3) is 0 Å². The van der Waals surface area contributed by atoms with Crippen molar-refractivity contribution in [2.45, 2.75) is 45.4 Å². The number of benzene rings is 2. The van der Waals surface area contributed by atoms with Gasteiger partial charge >= 0.3 is 0 Å². The van der Waals surface area contributed by atoms with Gasteiger partial charge in [-0.2, -0.15) is 5.10 Å². The molecule has 0 fully saturated rings. The molecule has 1 atom stereocenters. The monoisotopic (exact) mass is 344 g/mol. The van der Waals surface area contributed by atoms with E-state index in [9.17, 15) is 4.79 Å². The van der Waals surface area contributed by atoms with E-state index in [2.05, 4.69) is 74.4 Å². The lowest BCUT2D eigenvalue weighted by Gasteiger charge is -2.23. The van der Waals surface area contributed by atoms with Crippen LogP contribution >= 0.6 is 0 Å². The molecule has 4 rings (SSSR count). The first-order chi connectivity index (χ1) is 12.5. The number of rotatable bonds is 3. The standard InChI is InChI=1S/C23H24N2O/c1-15(2)17-6-8-18(9-7-17)19-12-22-21(23(26)13-19)14-24-25(22)20-10-4-16(3)5-11-20/h4-11,14-15,19H,12-13H2,1-3H3. The Hall–Kier alpha value is -2.68. The largest absolute Gasteiger partial charge is 0.294 e. The van der Waals surface area contributed by atoms with Gasteiger partial charge in [-0.15, -0.1) is 0 Å². The summed E-state index contributed by atoms with van der Waals surface area (Å²) in [6.45, 7) is 6.47. The minimum absolute atomic E-state index is 0.197. The lowest BCUT2D eigenvalue weighted by atomic mass is 9.82. The number of Topliss-reactive ketones (excluding diaryl/α,β-unsaturated/α-hetero) is 1. The second kappa shape index (κ2) is 6.56. The van der Waals surface area contributed by atoms with Crippen LogP contribution in [0.2, 0.25) is 0 Å². The van der Waals surface area contributed by atoms with Crippen LogP contribution in [0.5, 0.6) is 0 Å². The Kier molecular flexibility index (Phi) is 4.23. The number of carbonyl (C=O) groups is 1. The molecule has 3 heteroatoms. The van der Waals surface area contributed by atoms with Crippen molar-refractivity contribution in [3.63, 3.8) is 0 Å². The van der Waals surface area contributed by atoms with Crippen molar-refractivity contribution in [2.24, 2.45) is 0 Å². The van der Waals surface area contributed by atoms with E-state index in [0.717, 1.165) is 23.4 Å². The van der Waals surface area contributed by atoms with Crippen LogP contribution < -0.4 is 0 Å². The van der Waals surface area contributed by atoms with Crippen molar-refractivity contribution in [2.75, 3.05) is 0 Å². The van der Waals surface area contributed by atoms with Gasteiger partial charge in [-0.3, -0.25) is 4.79 Å². The fraction of sp³-hybridized carbons (Fsp3) is 0.304. The first kappa shape index (κ1) is 16.8. The fourth-order valence-corrected chi connectivity index (χ4v) is 3.74. The van der Waals surface area contributed by atoms with Crippen LogP contribution in [-0.2, 0) is 6.42 Å². The summed E-state index contributed by atoms with van der Waals surface area (Å²) in [6.07, 6.45) is 3.14. The number of fused-ring (bicyclic) bond motifs is 1. The van der Waals surface area contributed by atoms with Crippen molar-refractivity contribution < 1.29 is 4.79 Å². The van der Waals surface area contributed by atoms with Gasteiger partial charge in [-0.05, 0) is 48.4 Å². The predicted molar refractivity (Wildman–Crippen MR) is 104 cm³/mol. The number of nitrogens with zero attached hydrogens (tertiary/aromatic N) is 2. The molecule has 0 radical (unpaired) electrons. The number of ketones is 1. The molecule has 3 aromatic rings. The molecule has 0 amide bonds. The third kappa shape index (κ3) is 2.98. The van der Waals surface area contributed by atoms with Gasteiger partial charge in [0.2, 0.25) is 0 Å². The van der Waals surface area contributed by atoms with Crippen LogP contribution in [0.4, 0.5) is 0 Å². The molecule has 0 aliphatic heterocycles. The molecular formula is C23H24N2O. The molecule has 0 saturated heterocycles. The maximum Gasteiger partial charge on any atom is 0.166 e. The summed E-state index contributed by atoms with van der Waals surface area (Å²) in [6, 6.07) is 17.0. The predicted octanol–water partition coefficient (Wildman–Crippen LogP) is 5.22. The minimum atomic E-state index is 0.197. The summed E-state index contributed by atoms with van der Waals surface area (Å²) < 4.78 is 1.93. The number of hydrogen-bond donors (Lipinski definition) is 0. The van der Waals surface area contributed by atoms with Gasteiger partial charge in [0.1, 0.15) is 0 Å². The molecule has 1 unspecified atom stereocenters. The van der Waals surface area contributed by atoms with E-state index in [0.29, 0.717) is 12.3 Å². The smallest absolute Gasteiger partial charge is 0.166 e. The zero-order chi connectivity index (χ0) is 18.3. The lowest BCUT2D eigenvalue weighted by molar-refractivity contribution is 0.0963. The summed E-state index contributed by atoms with van der Waals surface area (Å²) in [7, 11) is 0. The lowest BCUT2D eigenvalue weighted by Crippen LogP contribution is -2.20. The third-order valence-electron chi connectivity index (χ3n) is 5.39. The van der Waals surface area contributed by atoms with E-state index in [1.54, 1.807) is 6.20 Å². The van der Waals surface area contributed by atoms with Crippen molar-refractivity contribution in [1.29, 1.82) is 0 Å². The normalized spacial score (nSPS) is 16.8. The van der Waals surface area contributed by atoms with Crippen LogP contribution in [0.25, 0.3) is 5.69 Å². The summed E-state index contributed by atoms with van der Waals surface area (Å²) in [5.74, 6) is 0.936. The number of aromatic nitrogens is 2. The molecule has 1 aliphatic rings. The Labute approximate surface area is 154 Å². The van der Waals surface area contributed by atoms with E-state index in [-0.39, 0.29) is 11.7 Å². The summed E-state index contributed by atoms with van der Waals surface area (Å²) in [5.41, 5.74) is 6.62. The molecule has 132 valence electrons. The molecule has 2 aromatic carbocycles. The fourth-order valence-electron chi connectivity index (χ4n) is 3.74. The molecular weight excluding hydrogens is 320 g/mol. The van der Waals surface area contributed by atoms with Crippen LogP contribution in [0, 0.1) is 6.92 Å². The average molecular weight is 344 g/mol. The number of aryl methyl sites for hydroxylation is 1. The highest BCUT2D eigenvalue weighted by Crippen LogP contribution is 2.34. The second-order valence-corrected chi connectivity index (χ2v) is 7.60. The Morgan fingerprint density at radius 2 is 1.69 bits per heavy atom. The van der Waals surface area contributed by atoms with Crippen LogP contribution in [0.15, 0.2) is 54.7 Å². The zero-order valence-electron chi connectivity index (χ0n) is 15.6. The highest BCUT2D eigenvalue weighted by molar-refractivity contribution is 5.98. The molecule has 0 saturated carbocycles. The van der Waals surface area contributed by atoms with Crippen molar-refractivity contribution in [3.05, 3.63) is 82.7 Å². The summed E-state index contributed by atoms with van der Waals surface area (Å²) >= 11 is 0. The van der Waals surface area contributed by atoms with E-state index < -0.39 is 0 Å². The first-order valence-corrected chi connectivity index (χ1v) is 9.30. The zero-order valence-corrected chi connectivity index (χ0v) is 15.6. The molecule has 1 aliphatic carbocycles. The van der Waals surface area contributed by atoms with Gasteiger partial charge < -0.3 is 0 Å². The van der Waals surface area contributed by atoms with Gasteiger partial charge in [-0.25, -0.2) is 4.68 Å². The quantitative estimate of drug-likeness (QED) is 0.653. The number of hydrogen-bond acceptors (Lipinski definition) is 2. The van der Waals surface area contributed by atoms with E-state index in [1.807, 2.05) is 4.68 Å². The Morgan fingerprint density at radius 1 is 1.00 bits per heavy atom. The Morgan fingerprint density at radius 3 is 2.35 bits per heavy atom. The highest BCUT2D eigenvalue weighted by Gasteiger charge is 2.30. The second-order valence-electron chi connectivity index (χ2n) is 7.60. The molecule has 0 N–H and O–H groups in total. The summed E-state index contributed by atoms with van der Waals surface area (Å²) in [4.78, 5) is 12.7. The molecule has 1 aromatic heterocycles. The van der Waals surface area contributed by atoms with E-state index >= 15 is 0 Å². The maximum absolute atomic E-state index is 12.7. The van der Waals surface area contributed by atoms with Gasteiger partial charge in [0.15, 0.2) is 5.78 Å². The van der Waals surface area contributed by atoms with Crippen LogP contribution in [0.3, 0.4) is 0 Å². The summed E-state index contributed by atoms with van der Waals surface area (Å²) in [5, 5.41) is 4.51. The maximum atomic E-state index is 12.7. The molecule has 1 heterocycles. The topological polar surface area (TPSA) is 34.9 Å². The molecule has 0 spiro atoms. The van der Waals surface area contributed by atoms with Crippen molar-refractivity contribution in [3.8, 4) is 5.69 Å². The van der Waals surface area contributed by atoms with Gasteiger partial charge in [-0.1, -0.05) is 55.8 Å². The molecule has 3 nitrogen and oxygen atoms in total. The SMILES string of the molecule is Cc1ccc(-n2ncc3c2CC(c2ccc(C(C)C)cc2)CC3=O)cc1.